The number of hydrogen-bond donors (Lipinski definition) is 14. The molecule has 0 aliphatic carbocycles. The number of thiol groups is 1. The highest BCUT2D eigenvalue weighted by atomic mass is 32.1. The zero-order valence-electron chi connectivity index (χ0n) is 78.2. The van der Waals surface area contributed by atoms with Crippen molar-refractivity contribution in [2.45, 2.75) is 233 Å². The van der Waals surface area contributed by atoms with Gasteiger partial charge in [-0.05, 0) is 189 Å². The third kappa shape index (κ3) is 27.4. The summed E-state index contributed by atoms with van der Waals surface area (Å²) < 4.78 is 0. The molecule has 4 aliphatic heterocycles. The molecule has 6 aromatic rings. The number of fused-ring (bicyclic) bond motifs is 4. The van der Waals surface area contributed by atoms with Crippen molar-refractivity contribution in [3.8, 4) is 33.4 Å². The van der Waals surface area contributed by atoms with Crippen molar-refractivity contribution in [1.82, 2.24) is 73.2 Å². The Hall–Kier alpha value is -12.4. The van der Waals surface area contributed by atoms with E-state index in [1.54, 1.807) is 83.1 Å². The maximum atomic E-state index is 15.0. The molecule has 0 saturated carbocycles. The van der Waals surface area contributed by atoms with Crippen LogP contribution in [0.3, 0.4) is 0 Å². The molecule has 14 N–H and O–H groups in total. The molecule has 10 rings (SSSR count). The number of carboxylic acid groups (broad SMARTS) is 1. The Morgan fingerprint density at radius 1 is 0.500 bits per heavy atom. The van der Waals surface area contributed by atoms with E-state index in [-0.39, 0.29) is 91.0 Å². The maximum absolute atomic E-state index is 15.0. The first kappa shape index (κ1) is 102. The number of nitrogens with zero attached hydrogens (tertiary/aromatic N) is 5. The Balaban J connectivity index is 0.826. The molecule has 1 unspecified atom stereocenters. The molecule has 710 valence electrons. The second kappa shape index (κ2) is 47.1. The molecule has 4 bridgehead atoms. The fourth-order valence-corrected chi connectivity index (χ4v) is 17.2. The summed E-state index contributed by atoms with van der Waals surface area (Å²) in [6.45, 7) is 26.7. The van der Waals surface area contributed by atoms with Crippen LogP contribution < -0.4 is 74.0 Å². The van der Waals surface area contributed by atoms with Crippen molar-refractivity contribution >= 4 is 107 Å². The summed E-state index contributed by atoms with van der Waals surface area (Å²) >= 11 is 4.58. The number of carbonyl (C=O) groups excluding carboxylic acids is 13. The SMILES string of the molecule is CCCCN1C(=O)NCc2cc(ccc2-c2ccc(N3CCN(C(=O)c4ccccc4-c4ccccc4C(=O)N4CCN(c5ccc(-c6ccc7cc6CNC(=O)[C@@H](N)CCCC[C@H](C)NC(=O)[C@H]([C@@H](C)CC)NC(=O)NC(=O)[C@H](CC(C)C)NC7=O)cc5)CC4)CC3)cc2)C(=O)N[C@@H](CC(C)C)C(=O)N[C@@H](CC(=O)O)C(=O)N[C@@H](C(C)CC)C(=O)N[C@@H](C)[C@H]1C(=O)NC(C)(C)S. The Bertz CT molecular complexity index is 5120. The van der Waals surface area contributed by atoms with Crippen molar-refractivity contribution in [2.24, 2.45) is 29.4 Å². The molecule has 132 heavy (non-hydrogen) atoms. The zero-order chi connectivity index (χ0) is 95.9. The lowest BCUT2D eigenvalue weighted by Crippen LogP contribution is -2.64. The number of piperazine rings is 2. The number of urea groups is 2. The van der Waals surface area contributed by atoms with Gasteiger partial charge in [0.15, 0.2) is 0 Å². The molecule has 4 aliphatic rings. The average Bonchev–Trinajstić information content (AvgIpc) is 0.783. The zero-order valence-corrected chi connectivity index (χ0v) is 79.1. The van der Waals surface area contributed by atoms with Gasteiger partial charge in [-0.25, -0.2) is 9.59 Å². The first-order valence-corrected chi connectivity index (χ1v) is 46.8. The highest BCUT2D eigenvalue weighted by Gasteiger charge is 2.41. The van der Waals surface area contributed by atoms with Crippen LogP contribution in [0, 0.1) is 23.7 Å². The number of amides is 15. The summed E-state index contributed by atoms with van der Waals surface area (Å²) in [5.41, 5.74) is 14.6. The minimum atomic E-state index is -1.69. The summed E-state index contributed by atoms with van der Waals surface area (Å²) in [7, 11) is 0. The van der Waals surface area contributed by atoms with Gasteiger partial charge in [-0.1, -0.05) is 167 Å². The Labute approximate surface area is 779 Å². The van der Waals surface area contributed by atoms with Crippen LogP contribution in [-0.2, 0) is 51.4 Å². The fourth-order valence-electron chi connectivity index (χ4n) is 17.1. The second-order valence-corrected chi connectivity index (χ2v) is 37.8. The van der Waals surface area contributed by atoms with Crippen LogP contribution in [0.2, 0.25) is 0 Å². The first-order chi connectivity index (χ1) is 62.8. The highest BCUT2D eigenvalue weighted by molar-refractivity contribution is 7.81. The van der Waals surface area contributed by atoms with Crippen molar-refractivity contribution in [2.75, 3.05) is 68.7 Å². The Morgan fingerprint density at radius 3 is 1.42 bits per heavy atom. The molecule has 2 saturated heterocycles. The van der Waals surface area contributed by atoms with Crippen LogP contribution in [0.15, 0.2) is 133 Å². The summed E-state index contributed by atoms with van der Waals surface area (Å²) in [6.07, 6.45) is 3.66. The number of carbonyl (C=O) groups is 14. The van der Waals surface area contributed by atoms with E-state index in [1.165, 1.54) is 4.90 Å². The van der Waals surface area contributed by atoms with Gasteiger partial charge in [-0.2, -0.15) is 12.6 Å². The largest absolute Gasteiger partial charge is 0.481 e. The molecule has 0 radical (unpaired) electrons. The molecule has 15 amide bonds. The monoisotopic (exact) mass is 1830 g/mol. The number of anilines is 2. The van der Waals surface area contributed by atoms with Gasteiger partial charge >= 0.3 is 18.0 Å². The van der Waals surface area contributed by atoms with E-state index >= 15 is 4.79 Å². The Kier molecular flexibility index (Phi) is 36.3. The van der Waals surface area contributed by atoms with E-state index < -0.39 is 125 Å². The van der Waals surface area contributed by atoms with Gasteiger partial charge in [0, 0.05) is 112 Å². The molecule has 33 heteroatoms. The van der Waals surface area contributed by atoms with Crippen molar-refractivity contribution in [1.29, 1.82) is 0 Å². The number of nitrogens with two attached hydrogens (primary N) is 1. The van der Waals surface area contributed by atoms with Gasteiger partial charge in [0.05, 0.1) is 23.4 Å². The highest BCUT2D eigenvalue weighted by Crippen LogP contribution is 2.35. The summed E-state index contributed by atoms with van der Waals surface area (Å²) in [5.74, 6) is -8.83. The topological polar surface area (TPSA) is 434 Å². The molecule has 0 spiro atoms. The van der Waals surface area contributed by atoms with Gasteiger partial charge in [0.2, 0.25) is 35.4 Å². The molecular weight excluding hydrogens is 1700 g/mol. The number of carboxylic acids is 1. The summed E-state index contributed by atoms with van der Waals surface area (Å²) in [5, 5.41) is 40.7. The van der Waals surface area contributed by atoms with Crippen molar-refractivity contribution in [3.05, 3.63) is 167 Å². The third-order valence-corrected chi connectivity index (χ3v) is 25.1. The lowest BCUT2D eigenvalue weighted by atomic mass is 9.93. The predicted octanol–water partition coefficient (Wildman–Crippen LogP) is 9.64. The molecule has 4 heterocycles. The number of imide groups is 1. The minimum Gasteiger partial charge on any atom is -0.481 e. The summed E-state index contributed by atoms with van der Waals surface area (Å²) in [4.78, 5) is 207. The van der Waals surface area contributed by atoms with Crippen molar-refractivity contribution < 1.29 is 72.2 Å². The maximum Gasteiger partial charge on any atom is 0.322 e. The number of benzene rings is 6. The number of aliphatic carboxylic acids is 1. The van der Waals surface area contributed by atoms with E-state index in [4.69, 9.17) is 5.73 Å². The van der Waals surface area contributed by atoms with Crippen molar-refractivity contribution in [3.63, 3.8) is 0 Å². The lowest BCUT2D eigenvalue weighted by Gasteiger charge is -2.37. The molecule has 2 fully saturated rings. The van der Waals surface area contributed by atoms with Gasteiger partial charge in [-0.3, -0.25) is 62.9 Å². The smallest absolute Gasteiger partial charge is 0.322 e. The normalized spacial score (nSPS) is 21.9. The van der Waals surface area contributed by atoms with E-state index in [9.17, 15) is 67.4 Å². The first-order valence-electron chi connectivity index (χ1n) is 46.4. The third-order valence-electron chi connectivity index (χ3n) is 24.9. The molecule has 11 atom stereocenters. The average molecular weight is 1830 g/mol. The van der Waals surface area contributed by atoms with Crippen LogP contribution in [0.5, 0.6) is 0 Å². The van der Waals surface area contributed by atoms with Crippen LogP contribution in [-0.4, -0.2) is 221 Å². The van der Waals surface area contributed by atoms with E-state index in [0.29, 0.717) is 148 Å². The van der Waals surface area contributed by atoms with Gasteiger partial charge < -0.3 is 88.5 Å². The van der Waals surface area contributed by atoms with E-state index in [2.05, 4.69) is 80.9 Å². The number of unbranched alkanes of at least 4 members (excludes halogenated alkanes) is 1. The van der Waals surface area contributed by atoms with E-state index in [0.717, 1.165) is 22.5 Å². The fraction of sp³-hybridized carbons (Fsp3) is 0.495. The van der Waals surface area contributed by atoms with E-state index in [1.807, 2.05) is 150 Å². The Morgan fingerprint density at radius 2 is 0.947 bits per heavy atom. The predicted molar refractivity (Wildman–Crippen MR) is 511 cm³/mol. The number of rotatable bonds is 22. The van der Waals surface area contributed by atoms with Crippen LogP contribution in [0.25, 0.3) is 33.4 Å². The van der Waals surface area contributed by atoms with Crippen LogP contribution in [0.4, 0.5) is 21.0 Å². The summed E-state index contributed by atoms with van der Waals surface area (Å²) in [6, 6.07) is 28.9. The molecule has 6 aromatic carbocycles. The second-order valence-electron chi connectivity index (χ2n) is 36.7. The molecule has 32 nitrogen and oxygen atoms in total. The van der Waals surface area contributed by atoms with Gasteiger partial charge in [0.1, 0.15) is 36.3 Å². The van der Waals surface area contributed by atoms with Crippen LogP contribution >= 0.6 is 12.6 Å². The van der Waals surface area contributed by atoms with Gasteiger partial charge in [-0.15, -0.1) is 0 Å². The number of hydrogen-bond acceptors (Lipinski definition) is 18. The number of nitrogens with one attached hydrogen (secondary N) is 11. The van der Waals surface area contributed by atoms with Gasteiger partial charge in [0.25, 0.3) is 29.5 Å². The molecule has 0 aromatic heterocycles. The quantitative estimate of drug-likeness (QED) is 0.0222. The molecular formula is C99H133N17O15S. The minimum absolute atomic E-state index is 0.0156. The standard InChI is InChI=1S/C99H133N17O15S/c1-14-17-42-116-85(94(127)111-99(12,13)132)63(11)104-93(126)83(60(8)15-2)108-90(123)81(55-82(117)118)107-89(122)79(51-58(4)5)105-86(119)67-35-41-73(69(54-67)57-102-98(116)131)65-32-38-71(39-33-65)113-45-49-115(50-46-113)96(129)77-28-22-20-26-75(77)74-25-19-21-27-76(74)95(128)114-47-43-112(44-48-114)70-36-30-64(31-37-70)72-40-34-66-53-68(72)56-101-88(121)78(100)29-23-18-24-62(10)103-92(125)84(61(9)16-3)109-97(130)110-91(124)80(52-59(6)7)106-87(66)120/h19-22,25-28,30-41,53-54,58-63,78-81,83-85,132H,14-18,23-24,29,42-52,55-57,100H2,1-13H3,(H,101,121)(H,102,131)(H,103,125)(H,104,126)(H,105,119)(H,106,120)(H,107,122)(H,108,123)(H,111,127)(H,117,118)(H2,109,110,124,130)/t60?,61-,62-,63-,78-,79-,80-,81-,83-,84-,85-/m0/s1. The van der Waals surface area contributed by atoms with Crippen LogP contribution in [0.1, 0.15) is 213 Å². The lowest BCUT2D eigenvalue weighted by molar-refractivity contribution is -0.141.